The van der Waals surface area contributed by atoms with E-state index in [4.69, 9.17) is 4.74 Å². The SMILES string of the molecule is Cc1ccc(OCc2csc(C(=O)NC3CC4CCC(C3)N4C)c2)cc1. The first kappa shape index (κ1) is 17.6. The lowest BCUT2D eigenvalue weighted by atomic mass is 9.98. The number of amides is 1. The third-order valence-corrected chi connectivity index (χ3v) is 6.72. The Labute approximate surface area is 159 Å². The van der Waals surface area contributed by atoms with E-state index in [1.807, 2.05) is 35.7 Å². The Morgan fingerprint density at radius 3 is 2.62 bits per heavy atom. The normalized spacial score (nSPS) is 25.2. The third kappa shape index (κ3) is 3.79. The van der Waals surface area contributed by atoms with Gasteiger partial charge >= 0.3 is 0 Å². The molecule has 0 aliphatic carbocycles. The van der Waals surface area contributed by atoms with E-state index in [1.165, 1.54) is 29.7 Å². The molecule has 0 radical (unpaired) electrons. The minimum atomic E-state index is 0.0607. The molecule has 4 rings (SSSR count). The maximum absolute atomic E-state index is 12.6. The van der Waals surface area contributed by atoms with Crippen molar-refractivity contribution in [3.8, 4) is 5.75 Å². The number of nitrogens with one attached hydrogen (secondary N) is 1. The van der Waals surface area contributed by atoms with Gasteiger partial charge in [0.05, 0.1) is 4.88 Å². The van der Waals surface area contributed by atoms with Crippen molar-refractivity contribution in [3.63, 3.8) is 0 Å². The largest absolute Gasteiger partial charge is 0.489 e. The molecule has 26 heavy (non-hydrogen) atoms. The molecule has 2 unspecified atom stereocenters. The van der Waals surface area contributed by atoms with Crippen LogP contribution in [0.2, 0.25) is 0 Å². The van der Waals surface area contributed by atoms with Crippen molar-refractivity contribution in [2.45, 2.75) is 57.3 Å². The van der Waals surface area contributed by atoms with E-state index in [0.29, 0.717) is 24.7 Å². The maximum atomic E-state index is 12.6. The highest BCUT2D eigenvalue weighted by molar-refractivity contribution is 7.12. The summed E-state index contributed by atoms with van der Waals surface area (Å²) in [4.78, 5) is 15.9. The highest BCUT2D eigenvalue weighted by Gasteiger charge is 2.38. The van der Waals surface area contributed by atoms with Crippen LogP contribution in [0.15, 0.2) is 35.7 Å². The molecule has 4 nitrogen and oxygen atoms in total. The van der Waals surface area contributed by atoms with Crippen LogP contribution in [0.4, 0.5) is 0 Å². The van der Waals surface area contributed by atoms with Gasteiger partial charge in [-0.05, 0) is 63.2 Å². The number of carbonyl (C=O) groups is 1. The Kier molecular flexibility index (Phi) is 5.00. The molecule has 138 valence electrons. The molecule has 2 aliphatic rings. The fraction of sp³-hybridized carbons (Fsp3) is 0.476. The second kappa shape index (κ2) is 7.41. The molecule has 2 fully saturated rings. The van der Waals surface area contributed by atoms with Crippen LogP contribution in [0.5, 0.6) is 5.75 Å². The van der Waals surface area contributed by atoms with E-state index in [1.54, 1.807) is 0 Å². The van der Waals surface area contributed by atoms with Crippen LogP contribution in [0, 0.1) is 6.92 Å². The van der Waals surface area contributed by atoms with Gasteiger partial charge in [-0.3, -0.25) is 4.79 Å². The quantitative estimate of drug-likeness (QED) is 0.865. The number of aryl methyl sites for hydroxylation is 1. The molecular weight excluding hydrogens is 344 g/mol. The van der Waals surface area contributed by atoms with Crippen molar-refractivity contribution in [1.29, 1.82) is 0 Å². The Hall–Kier alpha value is -1.85. The molecule has 2 atom stereocenters. The molecule has 2 aliphatic heterocycles. The first-order valence-electron chi connectivity index (χ1n) is 9.38. The second-order valence-corrected chi connectivity index (χ2v) is 8.52. The van der Waals surface area contributed by atoms with Crippen LogP contribution in [-0.4, -0.2) is 36.0 Å². The number of fused-ring (bicyclic) bond motifs is 2. The van der Waals surface area contributed by atoms with E-state index in [2.05, 4.69) is 24.2 Å². The summed E-state index contributed by atoms with van der Waals surface area (Å²) in [6, 6.07) is 11.6. The molecule has 0 saturated carbocycles. The van der Waals surface area contributed by atoms with Gasteiger partial charge in [-0.2, -0.15) is 0 Å². The summed E-state index contributed by atoms with van der Waals surface area (Å²) in [5, 5.41) is 5.27. The predicted octanol–water partition coefficient (Wildman–Crippen LogP) is 3.99. The average molecular weight is 371 g/mol. The van der Waals surface area contributed by atoms with Crippen LogP contribution in [0.3, 0.4) is 0 Å². The molecule has 1 amide bonds. The molecule has 1 aromatic carbocycles. The Bertz CT molecular complexity index is 757. The smallest absolute Gasteiger partial charge is 0.261 e. The topological polar surface area (TPSA) is 41.6 Å². The number of ether oxygens (including phenoxy) is 1. The fourth-order valence-corrected chi connectivity index (χ4v) is 4.96. The maximum Gasteiger partial charge on any atom is 0.261 e. The van der Waals surface area contributed by atoms with Gasteiger partial charge in [0.2, 0.25) is 0 Å². The van der Waals surface area contributed by atoms with E-state index >= 15 is 0 Å². The number of nitrogens with zero attached hydrogens (tertiary/aromatic N) is 1. The lowest BCUT2D eigenvalue weighted by molar-refractivity contribution is 0.0886. The van der Waals surface area contributed by atoms with Crippen LogP contribution >= 0.6 is 11.3 Å². The Balaban J connectivity index is 1.31. The number of hydrogen-bond acceptors (Lipinski definition) is 4. The van der Waals surface area contributed by atoms with Crippen molar-refractivity contribution in [2.24, 2.45) is 0 Å². The van der Waals surface area contributed by atoms with Gasteiger partial charge in [-0.1, -0.05) is 17.7 Å². The summed E-state index contributed by atoms with van der Waals surface area (Å²) in [6.07, 6.45) is 4.70. The molecule has 2 aromatic rings. The van der Waals surface area contributed by atoms with Gasteiger partial charge in [0.25, 0.3) is 5.91 Å². The summed E-state index contributed by atoms with van der Waals surface area (Å²) in [7, 11) is 2.22. The zero-order chi connectivity index (χ0) is 18.1. The standard InChI is InChI=1S/C21H26N2O2S/c1-14-3-7-19(8-4-14)25-12-15-9-20(26-13-15)21(24)22-16-10-17-5-6-18(11-16)23(17)2/h3-4,7-9,13,16-18H,5-6,10-12H2,1-2H3,(H,22,24). The summed E-state index contributed by atoms with van der Waals surface area (Å²) >= 11 is 1.50. The number of rotatable bonds is 5. The van der Waals surface area contributed by atoms with E-state index < -0.39 is 0 Å². The Morgan fingerprint density at radius 2 is 1.92 bits per heavy atom. The summed E-state index contributed by atoms with van der Waals surface area (Å²) < 4.78 is 5.81. The van der Waals surface area contributed by atoms with Crippen molar-refractivity contribution < 1.29 is 9.53 Å². The first-order valence-corrected chi connectivity index (χ1v) is 10.3. The van der Waals surface area contributed by atoms with Gasteiger partial charge in [0.15, 0.2) is 0 Å². The van der Waals surface area contributed by atoms with Crippen molar-refractivity contribution in [3.05, 3.63) is 51.7 Å². The highest BCUT2D eigenvalue weighted by atomic mass is 32.1. The number of piperidine rings is 1. The van der Waals surface area contributed by atoms with Crippen molar-refractivity contribution in [2.75, 3.05) is 7.05 Å². The first-order chi connectivity index (χ1) is 12.6. The van der Waals surface area contributed by atoms with E-state index in [9.17, 15) is 4.79 Å². The fourth-order valence-electron chi connectivity index (χ4n) is 4.16. The highest BCUT2D eigenvalue weighted by Crippen LogP contribution is 2.34. The second-order valence-electron chi connectivity index (χ2n) is 7.61. The third-order valence-electron chi connectivity index (χ3n) is 5.74. The minimum Gasteiger partial charge on any atom is -0.489 e. The molecule has 2 saturated heterocycles. The van der Waals surface area contributed by atoms with Crippen LogP contribution in [0.25, 0.3) is 0 Å². The molecular formula is C21H26N2O2S. The average Bonchev–Trinajstić information content (AvgIpc) is 3.17. The molecule has 1 N–H and O–H groups in total. The monoisotopic (exact) mass is 370 g/mol. The minimum absolute atomic E-state index is 0.0607. The van der Waals surface area contributed by atoms with Gasteiger partial charge < -0.3 is 15.0 Å². The number of hydrogen-bond donors (Lipinski definition) is 1. The zero-order valence-electron chi connectivity index (χ0n) is 15.4. The summed E-state index contributed by atoms with van der Waals surface area (Å²) in [6.45, 7) is 2.55. The van der Waals surface area contributed by atoms with Crippen molar-refractivity contribution in [1.82, 2.24) is 10.2 Å². The van der Waals surface area contributed by atoms with Crippen LogP contribution in [-0.2, 0) is 6.61 Å². The molecule has 1 aromatic heterocycles. The molecule has 3 heterocycles. The Morgan fingerprint density at radius 1 is 1.23 bits per heavy atom. The number of benzene rings is 1. The van der Waals surface area contributed by atoms with Crippen LogP contribution in [0.1, 0.15) is 46.5 Å². The summed E-state index contributed by atoms with van der Waals surface area (Å²) in [5.41, 5.74) is 2.26. The lowest BCUT2D eigenvalue weighted by Gasteiger charge is -2.36. The van der Waals surface area contributed by atoms with Crippen LogP contribution < -0.4 is 10.1 Å². The lowest BCUT2D eigenvalue weighted by Crippen LogP contribution is -2.48. The zero-order valence-corrected chi connectivity index (χ0v) is 16.2. The van der Waals surface area contributed by atoms with Crippen molar-refractivity contribution >= 4 is 17.2 Å². The van der Waals surface area contributed by atoms with E-state index in [-0.39, 0.29) is 5.91 Å². The van der Waals surface area contributed by atoms with E-state index in [0.717, 1.165) is 29.0 Å². The number of carbonyl (C=O) groups excluding carboxylic acids is 1. The molecule has 5 heteroatoms. The molecule has 0 spiro atoms. The van der Waals surface area contributed by atoms with Gasteiger partial charge in [-0.15, -0.1) is 11.3 Å². The van der Waals surface area contributed by atoms with Gasteiger partial charge in [0.1, 0.15) is 12.4 Å². The number of thiophene rings is 1. The summed E-state index contributed by atoms with van der Waals surface area (Å²) in [5.74, 6) is 0.917. The molecule has 2 bridgehead atoms. The van der Waals surface area contributed by atoms with Gasteiger partial charge in [0, 0.05) is 23.7 Å². The van der Waals surface area contributed by atoms with Gasteiger partial charge in [-0.25, -0.2) is 0 Å². The predicted molar refractivity (Wildman–Crippen MR) is 105 cm³/mol.